The minimum atomic E-state index is -0.275. The molecule has 2 aromatic heterocycles. The summed E-state index contributed by atoms with van der Waals surface area (Å²) in [5.41, 5.74) is 3.88. The minimum absolute atomic E-state index is 0.126. The summed E-state index contributed by atoms with van der Waals surface area (Å²) in [4.78, 5) is 26.2. The lowest BCUT2D eigenvalue weighted by atomic mass is 9.99. The molecule has 0 unspecified atom stereocenters. The van der Waals surface area contributed by atoms with Crippen molar-refractivity contribution in [1.82, 2.24) is 15.0 Å². The number of carbonyl (C=O) groups is 1. The molecule has 0 atom stereocenters. The molecular weight excluding hydrogens is 386 g/mol. The van der Waals surface area contributed by atoms with E-state index in [1.54, 1.807) is 24.4 Å². The van der Waals surface area contributed by atoms with Crippen molar-refractivity contribution in [3.63, 3.8) is 0 Å². The van der Waals surface area contributed by atoms with E-state index in [0.717, 1.165) is 10.9 Å². The highest BCUT2D eigenvalue weighted by Crippen LogP contribution is 2.30. The Morgan fingerprint density at radius 1 is 1.10 bits per heavy atom. The summed E-state index contributed by atoms with van der Waals surface area (Å²) >= 11 is 0. The molecule has 2 aromatic carbocycles. The van der Waals surface area contributed by atoms with E-state index in [2.05, 4.69) is 46.9 Å². The van der Waals surface area contributed by atoms with Crippen molar-refractivity contribution < 1.29 is 9.53 Å². The van der Waals surface area contributed by atoms with Crippen molar-refractivity contribution in [2.24, 2.45) is 0 Å². The quantitative estimate of drug-likeness (QED) is 0.330. The molecule has 4 aromatic rings. The molecule has 0 aliphatic heterocycles. The Balaban J connectivity index is 1.88. The Bertz CT molecular complexity index is 1270. The van der Waals surface area contributed by atoms with E-state index in [1.165, 1.54) is 11.8 Å². The number of nitrogens with zero attached hydrogens (tertiary/aromatic N) is 3. The minimum Gasteiger partial charge on any atom is -0.481 e. The molecular formula is C26H21N3O2. The number of rotatable bonds is 6. The summed E-state index contributed by atoms with van der Waals surface area (Å²) in [7, 11) is 0. The Labute approximate surface area is 181 Å². The van der Waals surface area contributed by atoms with Gasteiger partial charge in [0.25, 0.3) is 0 Å². The zero-order valence-corrected chi connectivity index (χ0v) is 17.4. The molecule has 0 aliphatic carbocycles. The van der Waals surface area contributed by atoms with Crippen LogP contribution in [0.2, 0.25) is 0 Å². The molecule has 0 N–H and O–H groups in total. The van der Waals surface area contributed by atoms with Crippen molar-refractivity contribution in [3.8, 4) is 29.4 Å². The van der Waals surface area contributed by atoms with Crippen LogP contribution in [0.3, 0.4) is 0 Å². The van der Waals surface area contributed by atoms with Crippen LogP contribution in [-0.4, -0.2) is 27.3 Å². The summed E-state index contributed by atoms with van der Waals surface area (Å²) in [5.74, 6) is 3.36. The highest BCUT2D eigenvalue weighted by Gasteiger charge is 2.18. The summed E-state index contributed by atoms with van der Waals surface area (Å²) in [6.07, 6.45) is 8.45. The zero-order chi connectivity index (χ0) is 21.8. The van der Waals surface area contributed by atoms with Gasteiger partial charge in [-0.05, 0) is 41.8 Å². The van der Waals surface area contributed by atoms with Crippen molar-refractivity contribution >= 4 is 16.7 Å². The zero-order valence-electron chi connectivity index (χ0n) is 17.4. The van der Waals surface area contributed by atoms with Crippen LogP contribution in [0.15, 0.2) is 67.0 Å². The number of benzene rings is 2. The summed E-state index contributed by atoms with van der Waals surface area (Å²) in [5, 5.41) is 0.787. The SMILES string of the molecule is C#CCOc1ccc2nc(C(=O)c3cccnc3)nc(-c3ccc(C(C)C)cc3)c2c1. The standard InChI is InChI=1S/C26H21N3O2/c1-4-14-31-21-11-12-23-22(15-21)24(19-9-7-18(8-10-19)17(2)3)29-26(28-23)25(30)20-6-5-13-27-16-20/h1,5-13,15-17H,14H2,2-3H3. The molecule has 2 heterocycles. The average Bonchev–Trinajstić information content (AvgIpc) is 2.82. The second-order valence-electron chi connectivity index (χ2n) is 7.42. The number of ether oxygens (including phenoxy) is 1. The fourth-order valence-electron chi connectivity index (χ4n) is 3.30. The van der Waals surface area contributed by atoms with Crippen LogP contribution in [0.1, 0.15) is 41.5 Å². The smallest absolute Gasteiger partial charge is 0.231 e. The van der Waals surface area contributed by atoms with Gasteiger partial charge in [-0.2, -0.15) is 0 Å². The fraction of sp³-hybridized carbons (Fsp3) is 0.154. The maximum atomic E-state index is 13.0. The summed E-state index contributed by atoms with van der Waals surface area (Å²) < 4.78 is 5.58. The average molecular weight is 407 g/mol. The molecule has 4 rings (SSSR count). The van der Waals surface area contributed by atoms with Gasteiger partial charge in [0.2, 0.25) is 11.6 Å². The van der Waals surface area contributed by atoms with Crippen LogP contribution < -0.4 is 4.74 Å². The molecule has 0 saturated heterocycles. The summed E-state index contributed by atoms with van der Waals surface area (Å²) in [6, 6.07) is 17.1. The molecule has 0 bridgehead atoms. The number of carbonyl (C=O) groups excluding carboxylic acids is 1. The topological polar surface area (TPSA) is 65.0 Å². The van der Waals surface area contributed by atoms with Crippen molar-refractivity contribution in [1.29, 1.82) is 0 Å². The van der Waals surface area contributed by atoms with E-state index in [9.17, 15) is 4.79 Å². The molecule has 0 aliphatic rings. The number of ketones is 1. The second kappa shape index (κ2) is 8.76. The maximum absolute atomic E-state index is 13.0. The largest absolute Gasteiger partial charge is 0.481 e. The normalized spacial score (nSPS) is 10.8. The predicted octanol–water partition coefficient (Wildman–Crippen LogP) is 5.06. The van der Waals surface area contributed by atoms with Gasteiger partial charge in [-0.3, -0.25) is 9.78 Å². The monoisotopic (exact) mass is 407 g/mol. The molecule has 0 fully saturated rings. The Hall–Kier alpha value is -4.04. The fourth-order valence-corrected chi connectivity index (χ4v) is 3.30. The number of pyridine rings is 1. The third-order valence-corrected chi connectivity index (χ3v) is 4.97. The van der Waals surface area contributed by atoms with E-state index in [4.69, 9.17) is 11.2 Å². The van der Waals surface area contributed by atoms with Crippen LogP contribution in [0.5, 0.6) is 5.75 Å². The lowest BCUT2D eigenvalue weighted by Crippen LogP contribution is -2.09. The van der Waals surface area contributed by atoms with Crippen molar-refractivity contribution in [2.45, 2.75) is 19.8 Å². The van der Waals surface area contributed by atoms with E-state index in [1.807, 2.05) is 24.3 Å². The molecule has 0 saturated carbocycles. The van der Waals surface area contributed by atoms with Crippen LogP contribution in [0.25, 0.3) is 22.2 Å². The van der Waals surface area contributed by atoms with Gasteiger partial charge >= 0.3 is 0 Å². The predicted molar refractivity (Wildman–Crippen MR) is 121 cm³/mol. The van der Waals surface area contributed by atoms with Crippen LogP contribution in [0, 0.1) is 12.3 Å². The van der Waals surface area contributed by atoms with Gasteiger partial charge in [-0.1, -0.05) is 44.0 Å². The third-order valence-electron chi connectivity index (χ3n) is 4.97. The van der Waals surface area contributed by atoms with Crippen molar-refractivity contribution in [2.75, 3.05) is 6.61 Å². The first-order valence-corrected chi connectivity index (χ1v) is 10.00. The number of terminal acetylenes is 1. The van der Waals surface area contributed by atoms with Crippen LogP contribution in [-0.2, 0) is 0 Å². The number of hydrogen-bond donors (Lipinski definition) is 0. The molecule has 5 heteroatoms. The van der Waals surface area contributed by atoms with Gasteiger partial charge < -0.3 is 4.74 Å². The Morgan fingerprint density at radius 3 is 2.58 bits per heavy atom. The second-order valence-corrected chi connectivity index (χ2v) is 7.42. The Kier molecular flexibility index (Phi) is 5.72. The molecule has 0 amide bonds. The van der Waals surface area contributed by atoms with Crippen molar-refractivity contribution in [3.05, 3.63) is 83.9 Å². The van der Waals surface area contributed by atoms with Gasteiger partial charge in [0.1, 0.15) is 12.4 Å². The van der Waals surface area contributed by atoms with E-state index < -0.39 is 0 Å². The van der Waals surface area contributed by atoms with Gasteiger partial charge in [-0.15, -0.1) is 6.42 Å². The third kappa shape index (κ3) is 4.29. The molecule has 31 heavy (non-hydrogen) atoms. The van der Waals surface area contributed by atoms with Crippen LogP contribution in [0.4, 0.5) is 0 Å². The van der Waals surface area contributed by atoms with E-state index >= 15 is 0 Å². The van der Waals surface area contributed by atoms with E-state index in [-0.39, 0.29) is 18.2 Å². The molecule has 152 valence electrons. The molecule has 0 radical (unpaired) electrons. The molecule has 0 spiro atoms. The first kappa shape index (κ1) is 20.2. The summed E-state index contributed by atoms with van der Waals surface area (Å²) in [6.45, 7) is 4.46. The lowest BCUT2D eigenvalue weighted by Gasteiger charge is -2.12. The number of hydrogen-bond acceptors (Lipinski definition) is 5. The van der Waals surface area contributed by atoms with E-state index in [0.29, 0.717) is 28.4 Å². The van der Waals surface area contributed by atoms with Crippen LogP contribution >= 0.6 is 0 Å². The first-order valence-electron chi connectivity index (χ1n) is 10.00. The molecule has 5 nitrogen and oxygen atoms in total. The highest BCUT2D eigenvalue weighted by molar-refractivity contribution is 6.08. The number of aromatic nitrogens is 3. The van der Waals surface area contributed by atoms with Gasteiger partial charge in [0.05, 0.1) is 11.2 Å². The lowest BCUT2D eigenvalue weighted by molar-refractivity contribution is 0.102. The Morgan fingerprint density at radius 2 is 1.90 bits per heavy atom. The highest BCUT2D eigenvalue weighted by atomic mass is 16.5. The maximum Gasteiger partial charge on any atom is 0.231 e. The van der Waals surface area contributed by atoms with Gasteiger partial charge in [0.15, 0.2) is 0 Å². The first-order chi connectivity index (χ1) is 15.1. The number of fused-ring (bicyclic) bond motifs is 1. The van der Waals surface area contributed by atoms with Gasteiger partial charge in [0, 0.05) is 28.9 Å². The van der Waals surface area contributed by atoms with Gasteiger partial charge in [-0.25, -0.2) is 9.97 Å².